The third-order valence-electron chi connectivity index (χ3n) is 8.18. The monoisotopic (exact) mass is 642 g/mol. The fourth-order valence-corrected chi connectivity index (χ4v) is 5.81. The van der Waals surface area contributed by atoms with Crippen LogP contribution in [0.15, 0.2) is 170 Å². The molecule has 1 aromatic heterocycles. The fourth-order valence-electron chi connectivity index (χ4n) is 5.81. The number of rotatable bonds is 9. The Bertz CT molecular complexity index is 2230. The molecule has 6 nitrogen and oxygen atoms in total. The second-order valence-corrected chi connectivity index (χ2v) is 11.4. The molecule has 0 fully saturated rings. The highest BCUT2D eigenvalue weighted by Crippen LogP contribution is 2.36. The number of anilines is 6. The van der Waals surface area contributed by atoms with Crippen LogP contribution in [-0.2, 0) is 0 Å². The van der Waals surface area contributed by atoms with Gasteiger partial charge >= 0.3 is 0 Å². The van der Waals surface area contributed by atoms with E-state index < -0.39 is 0 Å². The number of para-hydroxylation sites is 4. The summed E-state index contributed by atoms with van der Waals surface area (Å²) in [5.74, 6) is 0. The Balaban J connectivity index is 1.22. The second-order valence-electron chi connectivity index (χ2n) is 11.4. The van der Waals surface area contributed by atoms with Crippen LogP contribution in [0.5, 0.6) is 0 Å². The zero-order valence-electron chi connectivity index (χ0n) is 27.0. The lowest BCUT2D eigenvalue weighted by atomic mass is 10.1. The summed E-state index contributed by atoms with van der Waals surface area (Å²) < 4.78 is 0. The van der Waals surface area contributed by atoms with Crippen LogP contribution in [0, 0.1) is 22.7 Å². The molecule has 7 aromatic rings. The number of hydrogen-bond acceptors (Lipinski definition) is 6. The van der Waals surface area contributed by atoms with E-state index in [0.29, 0.717) is 11.4 Å². The summed E-state index contributed by atoms with van der Waals surface area (Å²) in [6.45, 7) is 0. The lowest BCUT2D eigenvalue weighted by Gasteiger charge is -2.25. The lowest BCUT2D eigenvalue weighted by molar-refractivity contribution is 1.12. The van der Waals surface area contributed by atoms with Gasteiger partial charge in [0.2, 0.25) is 0 Å². The topological polar surface area (TPSA) is 79.8 Å². The minimum absolute atomic E-state index is 0.00908. The molecule has 0 unspecified atom stereocenters. The average Bonchev–Trinajstić information content (AvgIpc) is 3.19. The highest BCUT2D eigenvalue weighted by molar-refractivity contribution is 5.82. The van der Waals surface area contributed by atoms with Gasteiger partial charge in [-0.05, 0) is 84.4 Å². The van der Waals surface area contributed by atoms with Crippen LogP contribution < -0.4 is 9.80 Å². The van der Waals surface area contributed by atoms with E-state index in [2.05, 4.69) is 80.4 Å². The van der Waals surface area contributed by atoms with E-state index in [9.17, 15) is 10.5 Å². The molecule has 0 aliphatic heterocycles. The third-order valence-corrected chi connectivity index (χ3v) is 8.18. The molecule has 7 rings (SSSR count). The maximum atomic E-state index is 9.79. The van der Waals surface area contributed by atoms with Crippen LogP contribution in [0.3, 0.4) is 0 Å². The highest BCUT2D eigenvalue weighted by Gasteiger charge is 2.17. The smallest absolute Gasteiger partial charge is 0.177 e. The van der Waals surface area contributed by atoms with Gasteiger partial charge in [0.15, 0.2) is 11.4 Å². The molecule has 6 heteroatoms. The maximum absolute atomic E-state index is 9.79. The summed E-state index contributed by atoms with van der Waals surface area (Å²) in [7, 11) is 0. The first-order valence-corrected chi connectivity index (χ1v) is 16.1. The predicted octanol–water partition coefficient (Wildman–Crippen LogP) is 11.0. The van der Waals surface area contributed by atoms with E-state index in [1.165, 1.54) is 0 Å². The number of benzene rings is 6. The van der Waals surface area contributed by atoms with E-state index in [-0.39, 0.29) is 11.4 Å². The van der Waals surface area contributed by atoms with Crippen LogP contribution in [0.4, 0.5) is 34.1 Å². The van der Waals surface area contributed by atoms with Crippen molar-refractivity contribution in [2.45, 2.75) is 0 Å². The van der Waals surface area contributed by atoms with E-state index in [1.54, 1.807) is 0 Å². The van der Waals surface area contributed by atoms with Crippen molar-refractivity contribution < 1.29 is 0 Å². The average molecular weight is 643 g/mol. The van der Waals surface area contributed by atoms with Crippen LogP contribution in [0.1, 0.15) is 22.6 Å². The summed E-state index contributed by atoms with van der Waals surface area (Å²) in [6, 6.07) is 61.2. The van der Waals surface area contributed by atoms with Crippen molar-refractivity contribution in [3.8, 4) is 23.4 Å². The molecule has 0 atom stereocenters. The summed E-state index contributed by atoms with van der Waals surface area (Å²) in [5.41, 5.74) is 8.88. The van der Waals surface area contributed by atoms with Gasteiger partial charge < -0.3 is 9.80 Å². The minimum atomic E-state index is -0.0106. The largest absolute Gasteiger partial charge is 0.311 e. The molecule has 1 heterocycles. The van der Waals surface area contributed by atoms with Gasteiger partial charge in [-0.15, -0.1) is 0 Å². The SMILES string of the molecule is N#Cc1nc(/C=C/c2ccc(N(c3ccccc3)c3ccccc3)cc2)c(-c2ccc(N(c3ccccc3)c3ccccc3)cc2)nc1C#N. The standard InChI is InChI=1S/C44H30N6/c45-31-42-43(32-46)48-44(34-24-28-40(29-25-34)50(37-17-9-3-10-18-37)38-19-11-4-12-20-38)41(47-42)30-23-33-21-26-39(27-22-33)49(35-13-5-1-6-14-35)36-15-7-2-8-16-36/h1-30H/b30-23+. The first-order valence-electron chi connectivity index (χ1n) is 16.1. The molecule has 0 bridgehead atoms. The number of nitrogens with zero attached hydrogens (tertiary/aromatic N) is 6. The molecule has 50 heavy (non-hydrogen) atoms. The quantitative estimate of drug-likeness (QED) is 0.156. The molecule has 236 valence electrons. The van der Waals surface area contributed by atoms with Crippen molar-refractivity contribution in [2.24, 2.45) is 0 Å². The van der Waals surface area contributed by atoms with Crippen LogP contribution in [-0.4, -0.2) is 9.97 Å². The van der Waals surface area contributed by atoms with Crippen molar-refractivity contribution in [1.29, 1.82) is 10.5 Å². The molecule has 0 amide bonds. The maximum Gasteiger partial charge on any atom is 0.177 e. The number of aromatic nitrogens is 2. The molecule has 0 saturated carbocycles. The van der Waals surface area contributed by atoms with Crippen LogP contribution in [0.2, 0.25) is 0 Å². The number of nitriles is 2. The third kappa shape index (κ3) is 6.73. The van der Waals surface area contributed by atoms with Crippen LogP contribution in [0.25, 0.3) is 23.4 Å². The Morgan fingerprint density at radius 1 is 0.400 bits per heavy atom. The van der Waals surface area contributed by atoms with Gasteiger partial charge in [-0.3, -0.25) is 0 Å². The molecule has 0 saturated heterocycles. The molecule has 0 radical (unpaired) electrons. The molecule has 0 aliphatic carbocycles. The van der Waals surface area contributed by atoms with Gasteiger partial charge in [0.1, 0.15) is 12.1 Å². The van der Waals surface area contributed by atoms with E-state index in [0.717, 1.165) is 45.3 Å². The Morgan fingerprint density at radius 2 is 0.760 bits per heavy atom. The molecule has 6 aromatic carbocycles. The summed E-state index contributed by atoms with van der Waals surface area (Å²) >= 11 is 0. The van der Waals surface area contributed by atoms with E-state index >= 15 is 0 Å². The molecule has 0 aliphatic rings. The van der Waals surface area contributed by atoms with Crippen molar-refractivity contribution >= 4 is 46.3 Å². The molecular weight excluding hydrogens is 613 g/mol. The van der Waals surface area contributed by atoms with Gasteiger partial charge in [-0.25, -0.2) is 9.97 Å². The van der Waals surface area contributed by atoms with Gasteiger partial charge in [-0.1, -0.05) is 103 Å². The summed E-state index contributed by atoms with van der Waals surface area (Å²) in [5, 5.41) is 19.6. The molecule has 0 N–H and O–H groups in total. The van der Waals surface area contributed by atoms with Gasteiger partial charge in [0, 0.05) is 39.7 Å². The fraction of sp³-hybridized carbons (Fsp3) is 0. The van der Waals surface area contributed by atoms with Crippen LogP contribution >= 0.6 is 0 Å². The Kier molecular flexibility index (Phi) is 9.18. The second kappa shape index (κ2) is 14.6. The van der Waals surface area contributed by atoms with Crippen molar-refractivity contribution in [3.63, 3.8) is 0 Å². The highest BCUT2D eigenvalue weighted by atomic mass is 15.1. The van der Waals surface area contributed by atoms with Gasteiger partial charge in [0.25, 0.3) is 0 Å². The lowest BCUT2D eigenvalue weighted by Crippen LogP contribution is -2.09. The molecular formula is C44H30N6. The van der Waals surface area contributed by atoms with E-state index in [1.807, 2.05) is 133 Å². The zero-order valence-corrected chi connectivity index (χ0v) is 27.0. The van der Waals surface area contributed by atoms with Crippen molar-refractivity contribution in [1.82, 2.24) is 9.97 Å². The van der Waals surface area contributed by atoms with Gasteiger partial charge in [0.05, 0.1) is 11.4 Å². The summed E-state index contributed by atoms with van der Waals surface area (Å²) in [4.78, 5) is 13.6. The Labute approximate surface area is 291 Å². The van der Waals surface area contributed by atoms with Gasteiger partial charge in [-0.2, -0.15) is 10.5 Å². The first kappa shape index (κ1) is 31.3. The summed E-state index contributed by atoms with van der Waals surface area (Å²) in [6.07, 6.45) is 3.79. The number of hydrogen-bond donors (Lipinski definition) is 0. The van der Waals surface area contributed by atoms with E-state index in [4.69, 9.17) is 0 Å². The first-order chi connectivity index (χ1) is 24.7. The zero-order chi connectivity index (χ0) is 34.1. The predicted molar refractivity (Wildman–Crippen MR) is 202 cm³/mol. The minimum Gasteiger partial charge on any atom is -0.311 e. The Morgan fingerprint density at radius 3 is 1.16 bits per heavy atom. The van der Waals surface area contributed by atoms with Crippen molar-refractivity contribution in [2.75, 3.05) is 9.80 Å². The Hall–Kier alpha value is -7.28. The van der Waals surface area contributed by atoms with Crippen molar-refractivity contribution in [3.05, 3.63) is 193 Å². The molecule has 0 spiro atoms. The normalized spacial score (nSPS) is 10.7.